The maximum absolute atomic E-state index is 11.3. The Labute approximate surface area is 112 Å². The maximum Gasteiger partial charge on any atom is 0.314 e. The van der Waals surface area contributed by atoms with Gasteiger partial charge in [0.25, 0.3) is 0 Å². The first-order chi connectivity index (χ1) is 9.29. The number of ether oxygens (including phenoxy) is 2. The summed E-state index contributed by atoms with van der Waals surface area (Å²) in [7, 11) is 0. The molecule has 0 saturated carbocycles. The molecule has 0 bridgehead atoms. The van der Waals surface area contributed by atoms with Crippen molar-refractivity contribution in [2.75, 3.05) is 32.8 Å². The molecule has 1 aliphatic rings. The lowest BCUT2D eigenvalue weighted by Gasteiger charge is -2.18. The van der Waals surface area contributed by atoms with E-state index in [-0.39, 0.29) is 6.03 Å². The minimum absolute atomic E-state index is 0.192. The van der Waals surface area contributed by atoms with Gasteiger partial charge in [-0.3, -0.25) is 0 Å². The molecule has 0 unspecified atom stereocenters. The number of carbonyl (C=O) groups is 1. The Morgan fingerprint density at radius 3 is 2.68 bits per heavy atom. The molecule has 6 nitrogen and oxygen atoms in total. The van der Waals surface area contributed by atoms with Gasteiger partial charge in [0.05, 0.1) is 0 Å². The number of nitrogens with two attached hydrogens (primary N) is 1. The van der Waals surface area contributed by atoms with Crippen molar-refractivity contribution in [3.63, 3.8) is 0 Å². The zero-order valence-electron chi connectivity index (χ0n) is 10.8. The predicted octanol–water partition coefficient (Wildman–Crippen LogP) is 0.258. The number of benzene rings is 1. The fraction of sp³-hybridized carbons (Fsp3) is 0.462. The molecule has 0 spiro atoms. The number of hydrogen-bond donors (Lipinski definition) is 3. The third-order valence-electron chi connectivity index (χ3n) is 2.74. The van der Waals surface area contributed by atoms with E-state index < -0.39 is 0 Å². The summed E-state index contributed by atoms with van der Waals surface area (Å²) in [6.45, 7) is 2.66. The largest absolute Gasteiger partial charge is 0.486 e. The molecule has 0 fully saturated rings. The Morgan fingerprint density at radius 1 is 1.16 bits per heavy atom. The molecule has 1 aromatic carbocycles. The first-order valence-electron chi connectivity index (χ1n) is 6.40. The number of carbonyl (C=O) groups excluding carboxylic acids is 1. The number of amides is 2. The highest BCUT2D eigenvalue weighted by Crippen LogP contribution is 2.30. The van der Waals surface area contributed by atoms with Gasteiger partial charge in [-0.15, -0.1) is 0 Å². The number of urea groups is 1. The lowest BCUT2D eigenvalue weighted by atomic mass is 10.1. The van der Waals surface area contributed by atoms with Crippen molar-refractivity contribution in [3.8, 4) is 11.5 Å². The molecular formula is C13H19N3O3. The van der Waals surface area contributed by atoms with Gasteiger partial charge in [-0.25, -0.2) is 4.79 Å². The minimum atomic E-state index is -0.192. The Morgan fingerprint density at radius 2 is 1.89 bits per heavy atom. The average molecular weight is 265 g/mol. The van der Waals surface area contributed by atoms with E-state index in [4.69, 9.17) is 15.2 Å². The van der Waals surface area contributed by atoms with E-state index in [1.165, 1.54) is 0 Å². The van der Waals surface area contributed by atoms with Gasteiger partial charge in [0, 0.05) is 19.6 Å². The van der Waals surface area contributed by atoms with E-state index in [0.717, 1.165) is 23.5 Å². The van der Waals surface area contributed by atoms with Crippen molar-refractivity contribution in [3.05, 3.63) is 23.8 Å². The van der Waals surface area contributed by atoms with Crippen LogP contribution in [-0.2, 0) is 6.42 Å². The van der Waals surface area contributed by atoms with Crippen molar-refractivity contribution in [1.29, 1.82) is 0 Å². The standard InChI is InChI=1S/C13H19N3O3/c14-4-6-16-13(17)15-5-3-10-1-2-11-12(9-10)19-8-7-18-11/h1-2,9H,3-8,14H2,(H2,15,16,17). The average Bonchev–Trinajstić information content (AvgIpc) is 2.45. The fourth-order valence-electron chi connectivity index (χ4n) is 1.81. The van der Waals surface area contributed by atoms with E-state index in [1.807, 2.05) is 18.2 Å². The van der Waals surface area contributed by atoms with Crippen LogP contribution >= 0.6 is 0 Å². The highest BCUT2D eigenvalue weighted by atomic mass is 16.6. The first kappa shape index (κ1) is 13.5. The first-order valence-corrected chi connectivity index (χ1v) is 6.40. The summed E-state index contributed by atoms with van der Waals surface area (Å²) in [5, 5.41) is 5.42. The van der Waals surface area contributed by atoms with Crippen LogP contribution in [0.2, 0.25) is 0 Å². The van der Waals surface area contributed by atoms with Gasteiger partial charge in [-0.1, -0.05) is 6.07 Å². The summed E-state index contributed by atoms with van der Waals surface area (Å²) >= 11 is 0. The van der Waals surface area contributed by atoms with Crippen LogP contribution in [0.4, 0.5) is 4.79 Å². The molecule has 0 aliphatic carbocycles. The van der Waals surface area contributed by atoms with Crippen molar-refractivity contribution in [2.24, 2.45) is 5.73 Å². The molecule has 1 aliphatic heterocycles. The third-order valence-corrected chi connectivity index (χ3v) is 2.74. The quantitative estimate of drug-likeness (QED) is 0.713. The summed E-state index contributed by atoms with van der Waals surface area (Å²) < 4.78 is 11.0. The molecule has 1 heterocycles. The van der Waals surface area contributed by atoms with Crippen LogP contribution in [0, 0.1) is 0 Å². The topological polar surface area (TPSA) is 85.6 Å². The second-order valence-corrected chi connectivity index (χ2v) is 4.20. The molecule has 104 valence electrons. The van der Waals surface area contributed by atoms with E-state index in [1.54, 1.807) is 0 Å². The van der Waals surface area contributed by atoms with Gasteiger partial charge in [-0.05, 0) is 24.1 Å². The molecule has 0 aromatic heterocycles. The highest BCUT2D eigenvalue weighted by molar-refractivity contribution is 5.73. The Bertz CT molecular complexity index is 437. The number of nitrogens with one attached hydrogen (secondary N) is 2. The lowest BCUT2D eigenvalue weighted by Crippen LogP contribution is -2.39. The van der Waals surface area contributed by atoms with E-state index in [0.29, 0.717) is 32.8 Å². The summed E-state index contributed by atoms with van der Waals surface area (Å²) in [5.74, 6) is 1.56. The van der Waals surface area contributed by atoms with Gasteiger partial charge < -0.3 is 25.8 Å². The summed E-state index contributed by atoms with van der Waals surface area (Å²) in [6.07, 6.45) is 0.743. The summed E-state index contributed by atoms with van der Waals surface area (Å²) in [5.41, 5.74) is 6.39. The van der Waals surface area contributed by atoms with Crippen molar-refractivity contribution in [2.45, 2.75) is 6.42 Å². The van der Waals surface area contributed by atoms with Crippen LogP contribution in [-0.4, -0.2) is 38.9 Å². The molecular weight excluding hydrogens is 246 g/mol. The van der Waals surface area contributed by atoms with Gasteiger partial charge in [0.1, 0.15) is 13.2 Å². The van der Waals surface area contributed by atoms with Crippen LogP contribution in [0.3, 0.4) is 0 Å². The number of fused-ring (bicyclic) bond motifs is 1. The number of rotatable bonds is 5. The molecule has 0 saturated heterocycles. The second-order valence-electron chi connectivity index (χ2n) is 4.20. The van der Waals surface area contributed by atoms with Gasteiger partial charge in [0.15, 0.2) is 11.5 Å². The molecule has 6 heteroatoms. The monoisotopic (exact) mass is 265 g/mol. The summed E-state index contributed by atoms with van der Waals surface area (Å²) in [6, 6.07) is 5.64. The van der Waals surface area contributed by atoms with E-state index >= 15 is 0 Å². The molecule has 4 N–H and O–H groups in total. The molecule has 19 heavy (non-hydrogen) atoms. The SMILES string of the molecule is NCCNC(=O)NCCc1ccc2c(c1)OCCO2. The normalized spacial score (nSPS) is 12.9. The molecule has 0 radical (unpaired) electrons. The minimum Gasteiger partial charge on any atom is -0.486 e. The smallest absolute Gasteiger partial charge is 0.314 e. The van der Waals surface area contributed by atoms with E-state index in [2.05, 4.69) is 10.6 Å². The molecule has 2 amide bonds. The van der Waals surface area contributed by atoms with Gasteiger partial charge in [-0.2, -0.15) is 0 Å². The Kier molecular flexibility index (Phi) is 4.85. The fourth-order valence-corrected chi connectivity index (χ4v) is 1.81. The van der Waals surface area contributed by atoms with Crippen LogP contribution in [0.25, 0.3) is 0 Å². The number of hydrogen-bond acceptors (Lipinski definition) is 4. The lowest BCUT2D eigenvalue weighted by molar-refractivity contribution is 0.171. The predicted molar refractivity (Wildman–Crippen MR) is 71.6 cm³/mol. The third kappa shape index (κ3) is 4.03. The van der Waals surface area contributed by atoms with Gasteiger partial charge in [0.2, 0.25) is 0 Å². The van der Waals surface area contributed by atoms with Crippen molar-refractivity contribution < 1.29 is 14.3 Å². The van der Waals surface area contributed by atoms with Crippen LogP contribution in [0.5, 0.6) is 11.5 Å². The zero-order valence-corrected chi connectivity index (χ0v) is 10.8. The van der Waals surface area contributed by atoms with Gasteiger partial charge >= 0.3 is 6.03 Å². The second kappa shape index (κ2) is 6.84. The van der Waals surface area contributed by atoms with Crippen LogP contribution in [0.1, 0.15) is 5.56 Å². The Balaban J connectivity index is 1.78. The molecule has 1 aromatic rings. The molecule has 2 rings (SSSR count). The highest BCUT2D eigenvalue weighted by Gasteiger charge is 2.11. The molecule has 0 atom stereocenters. The van der Waals surface area contributed by atoms with Crippen molar-refractivity contribution in [1.82, 2.24) is 10.6 Å². The Hall–Kier alpha value is -1.95. The van der Waals surface area contributed by atoms with E-state index in [9.17, 15) is 4.79 Å². The van der Waals surface area contributed by atoms with Crippen molar-refractivity contribution >= 4 is 6.03 Å². The summed E-state index contributed by atoms with van der Waals surface area (Å²) in [4.78, 5) is 11.3. The van der Waals surface area contributed by atoms with Crippen LogP contribution < -0.4 is 25.8 Å². The van der Waals surface area contributed by atoms with Crippen LogP contribution in [0.15, 0.2) is 18.2 Å². The zero-order chi connectivity index (χ0) is 13.5. The maximum atomic E-state index is 11.3.